The summed E-state index contributed by atoms with van der Waals surface area (Å²) in [6.07, 6.45) is 0.191. The highest BCUT2D eigenvalue weighted by Crippen LogP contribution is 2.34. The Labute approximate surface area is 159 Å². The van der Waals surface area contributed by atoms with Crippen LogP contribution in [-0.2, 0) is 9.59 Å². The average Bonchev–Trinajstić information content (AvgIpc) is 3.04. The lowest BCUT2D eigenvalue weighted by Crippen LogP contribution is -2.28. The molecule has 6 heteroatoms. The lowest BCUT2D eigenvalue weighted by Gasteiger charge is -2.21. The van der Waals surface area contributed by atoms with Gasteiger partial charge in [-0.15, -0.1) is 0 Å². The average molecular weight is 367 g/mol. The number of para-hydroxylation sites is 4. The summed E-state index contributed by atoms with van der Waals surface area (Å²) in [5, 5.41) is 2.98. The van der Waals surface area contributed by atoms with Gasteiger partial charge in [-0.25, -0.2) is 0 Å². The van der Waals surface area contributed by atoms with E-state index in [-0.39, 0.29) is 18.2 Å². The van der Waals surface area contributed by atoms with E-state index < -0.39 is 5.92 Å². The van der Waals surface area contributed by atoms with Crippen LogP contribution in [0.3, 0.4) is 0 Å². The molecule has 1 atom stereocenters. The van der Waals surface area contributed by atoms with Crippen molar-refractivity contribution in [3.8, 4) is 5.75 Å². The molecule has 0 aliphatic carbocycles. The van der Waals surface area contributed by atoms with Crippen molar-refractivity contribution in [2.75, 3.05) is 42.4 Å². The highest BCUT2D eigenvalue weighted by molar-refractivity contribution is 6.05. The van der Waals surface area contributed by atoms with E-state index in [0.717, 1.165) is 11.4 Å². The number of carbonyl (C=O) groups is 2. The topological polar surface area (TPSA) is 61.9 Å². The Balaban J connectivity index is 1.75. The minimum atomic E-state index is -0.401. The van der Waals surface area contributed by atoms with Crippen LogP contribution in [0.1, 0.15) is 13.3 Å². The van der Waals surface area contributed by atoms with Crippen molar-refractivity contribution in [3.63, 3.8) is 0 Å². The van der Waals surface area contributed by atoms with Gasteiger partial charge in [-0.3, -0.25) is 9.59 Å². The molecule has 0 radical (unpaired) electrons. The summed E-state index contributed by atoms with van der Waals surface area (Å²) >= 11 is 0. The number of rotatable bonds is 6. The van der Waals surface area contributed by atoms with Gasteiger partial charge < -0.3 is 19.9 Å². The number of carbonyl (C=O) groups excluding carboxylic acids is 2. The summed E-state index contributed by atoms with van der Waals surface area (Å²) in [6, 6.07) is 15.1. The molecule has 1 unspecified atom stereocenters. The Morgan fingerprint density at radius 1 is 1.19 bits per heavy atom. The summed E-state index contributed by atoms with van der Waals surface area (Å²) < 4.78 is 5.63. The molecule has 6 nitrogen and oxygen atoms in total. The number of hydrogen-bond donors (Lipinski definition) is 1. The number of nitrogens with zero attached hydrogens (tertiary/aromatic N) is 2. The van der Waals surface area contributed by atoms with Crippen molar-refractivity contribution >= 4 is 28.9 Å². The first-order chi connectivity index (χ1) is 13.0. The fourth-order valence-electron chi connectivity index (χ4n) is 3.28. The zero-order valence-corrected chi connectivity index (χ0v) is 15.9. The molecule has 1 fully saturated rings. The van der Waals surface area contributed by atoms with Crippen LogP contribution >= 0.6 is 0 Å². The van der Waals surface area contributed by atoms with Crippen molar-refractivity contribution in [3.05, 3.63) is 48.5 Å². The number of amides is 2. The molecule has 2 aromatic carbocycles. The van der Waals surface area contributed by atoms with Crippen LogP contribution in [0, 0.1) is 5.92 Å². The van der Waals surface area contributed by atoms with Gasteiger partial charge in [0, 0.05) is 27.1 Å². The number of ether oxygens (including phenoxy) is 1. The van der Waals surface area contributed by atoms with Crippen molar-refractivity contribution < 1.29 is 14.3 Å². The van der Waals surface area contributed by atoms with Gasteiger partial charge in [-0.1, -0.05) is 24.3 Å². The molecule has 1 aliphatic rings. The van der Waals surface area contributed by atoms with Crippen LogP contribution in [0.4, 0.5) is 17.1 Å². The smallest absolute Gasteiger partial charge is 0.229 e. The molecule has 1 heterocycles. The minimum Gasteiger partial charge on any atom is -0.492 e. The standard InChI is InChI=1S/C21H25N3O3/c1-4-27-19-12-8-7-11-18(19)24-14-15(13-20(24)25)21(26)22-16-9-5-6-10-17(16)23(2)3/h5-12,15H,4,13-14H2,1-3H3,(H,22,26). The van der Waals surface area contributed by atoms with Gasteiger partial charge in [0.25, 0.3) is 0 Å². The molecule has 2 aromatic rings. The molecule has 142 valence electrons. The molecule has 0 aromatic heterocycles. The first-order valence-corrected chi connectivity index (χ1v) is 9.10. The molecule has 0 saturated carbocycles. The molecule has 1 aliphatic heterocycles. The Kier molecular flexibility index (Phi) is 5.64. The maximum atomic E-state index is 12.8. The SMILES string of the molecule is CCOc1ccccc1N1CC(C(=O)Nc2ccccc2N(C)C)CC1=O. The second-order valence-corrected chi connectivity index (χ2v) is 6.71. The van der Waals surface area contributed by atoms with E-state index in [0.29, 0.717) is 24.6 Å². The van der Waals surface area contributed by atoms with E-state index in [1.165, 1.54) is 0 Å². The number of hydrogen-bond acceptors (Lipinski definition) is 4. The van der Waals surface area contributed by atoms with E-state index in [1.54, 1.807) is 4.90 Å². The minimum absolute atomic E-state index is 0.0665. The van der Waals surface area contributed by atoms with Crippen molar-refractivity contribution in [2.45, 2.75) is 13.3 Å². The van der Waals surface area contributed by atoms with Gasteiger partial charge in [0.1, 0.15) is 5.75 Å². The quantitative estimate of drug-likeness (QED) is 0.852. The Bertz CT molecular complexity index is 835. The maximum Gasteiger partial charge on any atom is 0.229 e. The lowest BCUT2D eigenvalue weighted by atomic mass is 10.1. The van der Waals surface area contributed by atoms with E-state index in [9.17, 15) is 9.59 Å². The van der Waals surface area contributed by atoms with Gasteiger partial charge >= 0.3 is 0 Å². The Hall–Kier alpha value is -3.02. The molecule has 1 saturated heterocycles. The summed E-state index contributed by atoms with van der Waals surface area (Å²) in [5.41, 5.74) is 2.38. The third kappa shape index (κ3) is 4.05. The Morgan fingerprint density at radius 2 is 1.89 bits per heavy atom. The van der Waals surface area contributed by atoms with Crippen LogP contribution in [0.15, 0.2) is 48.5 Å². The van der Waals surface area contributed by atoms with E-state index in [1.807, 2.05) is 74.4 Å². The van der Waals surface area contributed by atoms with Crippen LogP contribution in [-0.4, -0.2) is 39.1 Å². The predicted octanol–water partition coefficient (Wildman–Crippen LogP) is 3.14. The second-order valence-electron chi connectivity index (χ2n) is 6.71. The summed E-state index contributed by atoms with van der Waals surface area (Å²) in [6.45, 7) is 2.77. The van der Waals surface area contributed by atoms with E-state index >= 15 is 0 Å². The van der Waals surface area contributed by atoms with Crippen LogP contribution in [0.25, 0.3) is 0 Å². The number of benzene rings is 2. The molecule has 1 N–H and O–H groups in total. The number of anilines is 3. The molecule has 0 bridgehead atoms. The van der Waals surface area contributed by atoms with Crippen molar-refractivity contribution in [2.24, 2.45) is 5.92 Å². The largest absolute Gasteiger partial charge is 0.492 e. The highest BCUT2D eigenvalue weighted by Gasteiger charge is 2.36. The first-order valence-electron chi connectivity index (χ1n) is 9.10. The van der Waals surface area contributed by atoms with E-state index in [2.05, 4.69) is 5.32 Å². The van der Waals surface area contributed by atoms with Gasteiger partial charge in [-0.05, 0) is 31.2 Å². The first kappa shape index (κ1) is 18.8. The van der Waals surface area contributed by atoms with Gasteiger partial charge in [0.05, 0.1) is 29.6 Å². The monoisotopic (exact) mass is 367 g/mol. The normalized spacial score (nSPS) is 16.3. The van der Waals surface area contributed by atoms with Crippen molar-refractivity contribution in [1.82, 2.24) is 0 Å². The molecular formula is C21H25N3O3. The highest BCUT2D eigenvalue weighted by atomic mass is 16.5. The third-order valence-corrected chi connectivity index (χ3v) is 4.60. The van der Waals surface area contributed by atoms with Crippen molar-refractivity contribution in [1.29, 1.82) is 0 Å². The van der Waals surface area contributed by atoms with Crippen LogP contribution in [0.5, 0.6) is 5.75 Å². The molecular weight excluding hydrogens is 342 g/mol. The summed E-state index contributed by atoms with van der Waals surface area (Å²) in [5.74, 6) is 0.0481. The summed E-state index contributed by atoms with van der Waals surface area (Å²) in [7, 11) is 3.85. The van der Waals surface area contributed by atoms with Crippen LogP contribution in [0.2, 0.25) is 0 Å². The zero-order chi connectivity index (χ0) is 19.4. The zero-order valence-electron chi connectivity index (χ0n) is 15.9. The van der Waals surface area contributed by atoms with Gasteiger partial charge in [-0.2, -0.15) is 0 Å². The maximum absolute atomic E-state index is 12.8. The molecule has 27 heavy (non-hydrogen) atoms. The Morgan fingerprint density at radius 3 is 2.63 bits per heavy atom. The van der Waals surface area contributed by atoms with E-state index in [4.69, 9.17) is 4.74 Å². The number of nitrogens with one attached hydrogen (secondary N) is 1. The van der Waals surface area contributed by atoms with Gasteiger partial charge in [0.2, 0.25) is 11.8 Å². The van der Waals surface area contributed by atoms with Gasteiger partial charge in [0.15, 0.2) is 0 Å². The molecule has 0 spiro atoms. The molecule has 3 rings (SSSR count). The predicted molar refractivity (Wildman–Crippen MR) is 107 cm³/mol. The fraction of sp³-hybridized carbons (Fsp3) is 0.333. The van der Waals surface area contributed by atoms with Crippen LogP contribution < -0.4 is 19.9 Å². The third-order valence-electron chi connectivity index (χ3n) is 4.60. The second kappa shape index (κ2) is 8.12. The summed E-state index contributed by atoms with van der Waals surface area (Å²) in [4.78, 5) is 28.9. The lowest BCUT2D eigenvalue weighted by molar-refractivity contribution is -0.122. The molecule has 2 amide bonds. The fourth-order valence-corrected chi connectivity index (χ4v) is 3.28.